The van der Waals surface area contributed by atoms with E-state index < -0.39 is 18.1 Å². The van der Waals surface area contributed by atoms with Gasteiger partial charge < -0.3 is 26.8 Å². The molecule has 0 spiro atoms. The molecule has 6 N–H and O–H groups in total. The number of nitrogens with two attached hydrogens (primary N) is 2. The number of methoxy groups -OCH3 is 1. The van der Waals surface area contributed by atoms with Gasteiger partial charge in [0, 0.05) is 6.42 Å². The van der Waals surface area contributed by atoms with Crippen LogP contribution in [-0.2, 0) is 19.1 Å². The lowest BCUT2D eigenvalue weighted by atomic mass is 10.1. The zero-order valence-electron chi connectivity index (χ0n) is 18.3. The van der Waals surface area contributed by atoms with E-state index in [0.29, 0.717) is 38.8 Å². The zero-order chi connectivity index (χ0) is 21.9. The Morgan fingerprint density at radius 1 is 0.793 bits per heavy atom. The number of nitrogens with one attached hydrogen (secondary N) is 2. The second-order valence-electron chi connectivity index (χ2n) is 7.44. The largest absolute Gasteiger partial charge is 0.467 e. The van der Waals surface area contributed by atoms with E-state index in [9.17, 15) is 14.4 Å². The molecule has 8 nitrogen and oxygen atoms in total. The summed E-state index contributed by atoms with van der Waals surface area (Å²) in [6.45, 7) is 3.20. The molecule has 0 aliphatic rings. The molecule has 0 bridgehead atoms. The molecule has 0 rings (SSSR count). The summed E-state index contributed by atoms with van der Waals surface area (Å²) in [4.78, 5) is 37.1. The second kappa shape index (κ2) is 18.4. The van der Waals surface area contributed by atoms with E-state index in [2.05, 4.69) is 17.6 Å². The van der Waals surface area contributed by atoms with Crippen LogP contribution in [0.5, 0.6) is 0 Å². The fourth-order valence-electron chi connectivity index (χ4n) is 3.07. The van der Waals surface area contributed by atoms with Crippen LogP contribution in [0.15, 0.2) is 0 Å². The fourth-order valence-corrected chi connectivity index (χ4v) is 3.07. The maximum Gasteiger partial charge on any atom is 0.328 e. The molecular weight excluding hydrogens is 372 g/mol. The zero-order valence-corrected chi connectivity index (χ0v) is 18.3. The fraction of sp³-hybridized carbons (Fsp3) is 0.857. The molecule has 0 aliphatic carbocycles. The van der Waals surface area contributed by atoms with Crippen molar-refractivity contribution in [2.24, 2.45) is 11.5 Å². The van der Waals surface area contributed by atoms with Gasteiger partial charge in [0.2, 0.25) is 11.8 Å². The Hall–Kier alpha value is -1.67. The van der Waals surface area contributed by atoms with Gasteiger partial charge in [0.1, 0.15) is 12.1 Å². The van der Waals surface area contributed by atoms with Gasteiger partial charge in [0.25, 0.3) is 0 Å². The van der Waals surface area contributed by atoms with Crippen LogP contribution in [0.4, 0.5) is 0 Å². The number of ether oxygens (including phenoxy) is 1. The molecule has 2 amide bonds. The highest BCUT2D eigenvalue weighted by molar-refractivity contribution is 5.90. The molecule has 0 saturated heterocycles. The van der Waals surface area contributed by atoms with Crippen molar-refractivity contribution in [2.75, 3.05) is 20.2 Å². The van der Waals surface area contributed by atoms with Crippen LogP contribution in [-0.4, -0.2) is 50.1 Å². The summed E-state index contributed by atoms with van der Waals surface area (Å²) < 4.78 is 4.80. The standard InChI is InChI=1S/C21H42N4O4/c1-3-4-5-6-7-14-19(26)24-17(12-8-10-15-22)20(27)25-18(21(28)29-2)13-9-11-16-23/h17-18H,3-16,22-23H2,1-2H3,(H,24,26)(H,25,27)/t17-,18-/m0/s1. The molecule has 0 fully saturated rings. The molecule has 0 aromatic heterocycles. The number of amides is 2. The lowest BCUT2D eigenvalue weighted by Crippen LogP contribution is -2.51. The van der Waals surface area contributed by atoms with Crippen molar-refractivity contribution in [1.29, 1.82) is 0 Å². The van der Waals surface area contributed by atoms with Gasteiger partial charge in [-0.1, -0.05) is 32.6 Å². The van der Waals surface area contributed by atoms with Crippen molar-refractivity contribution in [1.82, 2.24) is 10.6 Å². The number of carbonyl (C=O) groups is 3. The Bertz CT molecular complexity index is 460. The minimum absolute atomic E-state index is 0.132. The average molecular weight is 415 g/mol. The van der Waals surface area contributed by atoms with Gasteiger partial charge in [-0.15, -0.1) is 0 Å². The van der Waals surface area contributed by atoms with Gasteiger partial charge in [-0.05, 0) is 58.0 Å². The van der Waals surface area contributed by atoms with Crippen LogP contribution in [0.3, 0.4) is 0 Å². The minimum atomic E-state index is -0.734. The molecule has 29 heavy (non-hydrogen) atoms. The number of rotatable bonds is 18. The monoisotopic (exact) mass is 414 g/mol. The van der Waals surface area contributed by atoms with Gasteiger partial charge in [0.15, 0.2) is 0 Å². The Morgan fingerprint density at radius 2 is 1.38 bits per heavy atom. The molecule has 0 heterocycles. The maximum atomic E-state index is 12.8. The molecule has 0 aromatic rings. The molecule has 0 aromatic carbocycles. The van der Waals surface area contributed by atoms with Crippen molar-refractivity contribution in [3.05, 3.63) is 0 Å². The van der Waals surface area contributed by atoms with Gasteiger partial charge in [0.05, 0.1) is 7.11 Å². The maximum absolute atomic E-state index is 12.8. The topological polar surface area (TPSA) is 137 Å². The first kappa shape index (κ1) is 27.3. The van der Waals surface area contributed by atoms with E-state index in [1.165, 1.54) is 13.5 Å². The normalized spacial score (nSPS) is 12.8. The third-order valence-electron chi connectivity index (χ3n) is 4.86. The van der Waals surface area contributed by atoms with Gasteiger partial charge in [-0.2, -0.15) is 0 Å². The van der Waals surface area contributed by atoms with Crippen LogP contribution >= 0.6 is 0 Å². The molecule has 2 atom stereocenters. The first-order valence-corrected chi connectivity index (χ1v) is 11.1. The molecule has 0 unspecified atom stereocenters. The summed E-state index contributed by atoms with van der Waals surface area (Å²) in [6, 6.07) is -1.41. The molecular formula is C21H42N4O4. The first-order chi connectivity index (χ1) is 14.0. The van der Waals surface area contributed by atoms with Crippen molar-refractivity contribution in [3.8, 4) is 0 Å². The highest BCUT2D eigenvalue weighted by Gasteiger charge is 2.26. The van der Waals surface area contributed by atoms with Crippen molar-refractivity contribution >= 4 is 17.8 Å². The van der Waals surface area contributed by atoms with E-state index in [4.69, 9.17) is 16.2 Å². The van der Waals surface area contributed by atoms with Crippen molar-refractivity contribution < 1.29 is 19.1 Å². The lowest BCUT2D eigenvalue weighted by Gasteiger charge is -2.22. The molecule has 0 saturated carbocycles. The second-order valence-corrected chi connectivity index (χ2v) is 7.44. The lowest BCUT2D eigenvalue weighted by molar-refractivity contribution is -0.145. The molecule has 0 aliphatic heterocycles. The van der Waals surface area contributed by atoms with Gasteiger partial charge in [-0.3, -0.25) is 9.59 Å². The van der Waals surface area contributed by atoms with E-state index in [1.807, 2.05) is 0 Å². The molecule has 0 radical (unpaired) electrons. The summed E-state index contributed by atoms with van der Waals surface area (Å²) in [5, 5.41) is 5.57. The Labute approximate surface area is 175 Å². The Morgan fingerprint density at radius 3 is 1.93 bits per heavy atom. The molecule has 170 valence electrons. The molecule has 8 heteroatoms. The van der Waals surface area contributed by atoms with E-state index in [0.717, 1.165) is 44.9 Å². The van der Waals surface area contributed by atoms with Crippen LogP contribution in [0, 0.1) is 0 Å². The summed E-state index contributed by atoms with van der Waals surface area (Å²) in [5.74, 6) is -0.977. The third kappa shape index (κ3) is 14.0. The van der Waals surface area contributed by atoms with E-state index in [1.54, 1.807) is 0 Å². The smallest absolute Gasteiger partial charge is 0.328 e. The van der Waals surface area contributed by atoms with Crippen LogP contribution in [0.2, 0.25) is 0 Å². The van der Waals surface area contributed by atoms with Crippen molar-refractivity contribution in [2.45, 2.75) is 96.1 Å². The SMILES string of the molecule is CCCCCCCC(=O)N[C@@H](CCCCN)C(=O)N[C@@H](CCCCN)C(=O)OC. The van der Waals surface area contributed by atoms with Crippen molar-refractivity contribution in [3.63, 3.8) is 0 Å². The van der Waals surface area contributed by atoms with Crippen LogP contribution in [0.1, 0.15) is 84.0 Å². The summed E-state index contributed by atoms with van der Waals surface area (Å²) in [7, 11) is 1.30. The minimum Gasteiger partial charge on any atom is -0.467 e. The van der Waals surface area contributed by atoms with Gasteiger partial charge in [-0.25, -0.2) is 4.79 Å². The number of hydrogen-bond donors (Lipinski definition) is 4. The van der Waals surface area contributed by atoms with Crippen LogP contribution < -0.4 is 22.1 Å². The number of hydrogen-bond acceptors (Lipinski definition) is 6. The first-order valence-electron chi connectivity index (χ1n) is 11.1. The Balaban J connectivity index is 4.76. The van der Waals surface area contributed by atoms with E-state index in [-0.39, 0.29) is 11.8 Å². The third-order valence-corrected chi connectivity index (χ3v) is 4.86. The number of unbranched alkanes of at least 4 members (excludes halogenated alkanes) is 6. The van der Waals surface area contributed by atoms with Crippen LogP contribution in [0.25, 0.3) is 0 Å². The average Bonchev–Trinajstić information content (AvgIpc) is 2.71. The van der Waals surface area contributed by atoms with E-state index >= 15 is 0 Å². The number of carbonyl (C=O) groups excluding carboxylic acids is 3. The highest BCUT2D eigenvalue weighted by Crippen LogP contribution is 2.08. The van der Waals surface area contributed by atoms with Gasteiger partial charge >= 0.3 is 5.97 Å². The number of esters is 1. The quantitative estimate of drug-likeness (QED) is 0.199. The predicted molar refractivity (Wildman–Crippen MR) is 115 cm³/mol. The predicted octanol–water partition coefficient (Wildman–Crippen LogP) is 1.75. The summed E-state index contributed by atoms with van der Waals surface area (Å²) >= 11 is 0. The highest BCUT2D eigenvalue weighted by atomic mass is 16.5. The summed E-state index contributed by atoms with van der Waals surface area (Å²) in [6.07, 6.45) is 9.58. The summed E-state index contributed by atoms with van der Waals surface area (Å²) in [5.41, 5.74) is 11.0. The Kier molecular flexibility index (Phi) is 17.3.